The highest BCUT2D eigenvalue weighted by Gasteiger charge is 2.18. The van der Waals surface area contributed by atoms with Crippen molar-refractivity contribution in [1.82, 2.24) is 5.32 Å². The van der Waals surface area contributed by atoms with Gasteiger partial charge in [-0.3, -0.25) is 0 Å². The summed E-state index contributed by atoms with van der Waals surface area (Å²) in [5.41, 5.74) is -0.520. The van der Waals surface area contributed by atoms with E-state index in [0.29, 0.717) is 6.42 Å². The first-order chi connectivity index (χ1) is 7.39. The van der Waals surface area contributed by atoms with Crippen LogP contribution < -0.4 is 5.32 Å². The fourth-order valence-electron chi connectivity index (χ4n) is 1.22. The van der Waals surface area contributed by atoms with Crippen molar-refractivity contribution < 1.29 is 9.53 Å². The summed E-state index contributed by atoms with van der Waals surface area (Å²) in [6, 6.07) is 1.62. The van der Waals surface area contributed by atoms with Crippen LogP contribution in [0.2, 0.25) is 0 Å². The lowest BCUT2D eigenvalue weighted by atomic mass is 10.1. The lowest BCUT2D eigenvalue weighted by molar-refractivity contribution is 0.0513. The standard InChI is InChI=1S/C12H22N2O2/c1-5-6-7-8-10(9-13)14-11(15)16-12(2,3)4/h10H,5-8H2,1-4H3,(H,14,15)/t10-/m1/s1. The summed E-state index contributed by atoms with van der Waals surface area (Å²) >= 11 is 0. The summed E-state index contributed by atoms with van der Waals surface area (Å²) in [5, 5.41) is 11.4. The van der Waals surface area contributed by atoms with E-state index < -0.39 is 17.7 Å². The number of nitriles is 1. The van der Waals surface area contributed by atoms with Crippen molar-refractivity contribution in [1.29, 1.82) is 5.26 Å². The van der Waals surface area contributed by atoms with Gasteiger partial charge in [0.25, 0.3) is 0 Å². The number of carbonyl (C=O) groups excluding carboxylic acids is 1. The van der Waals surface area contributed by atoms with E-state index in [1.807, 2.05) is 0 Å². The van der Waals surface area contributed by atoms with E-state index in [9.17, 15) is 4.79 Å². The third-order valence-electron chi connectivity index (χ3n) is 1.94. The van der Waals surface area contributed by atoms with Crippen molar-refractivity contribution >= 4 is 6.09 Å². The van der Waals surface area contributed by atoms with Crippen molar-refractivity contribution in [3.05, 3.63) is 0 Å². The Hall–Kier alpha value is -1.24. The van der Waals surface area contributed by atoms with Gasteiger partial charge in [0.1, 0.15) is 11.6 Å². The van der Waals surface area contributed by atoms with E-state index in [1.165, 1.54) is 0 Å². The number of unbranched alkanes of at least 4 members (excludes halogenated alkanes) is 2. The molecule has 0 spiro atoms. The maximum Gasteiger partial charge on any atom is 0.408 e. The molecule has 0 fully saturated rings. The van der Waals surface area contributed by atoms with Gasteiger partial charge in [-0.25, -0.2) is 4.79 Å². The Balaban J connectivity index is 3.94. The first kappa shape index (κ1) is 14.8. The minimum absolute atomic E-state index is 0.443. The summed E-state index contributed by atoms with van der Waals surface area (Å²) in [6.07, 6.45) is 3.29. The molecule has 4 nitrogen and oxygen atoms in total. The van der Waals surface area contributed by atoms with Crippen LogP contribution in [0.25, 0.3) is 0 Å². The lowest BCUT2D eigenvalue weighted by Gasteiger charge is -2.21. The number of nitrogens with one attached hydrogen (secondary N) is 1. The monoisotopic (exact) mass is 226 g/mol. The largest absolute Gasteiger partial charge is 0.444 e. The molecule has 0 heterocycles. The van der Waals surface area contributed by atoms with Gasteiger partial charge in [-0.1, -0.05) is 26.2 Å². The van der Waals surface area contributed by atoms with E-state index in [4.69, 9.17) is 10.00 Å². The molecule has 0 unspecified atom stereocenters. The molecule has 0 aliphatic carbocycles. The summed E-state index contributed by atoms with van der Waals surface area (Å²) in [5.74, 6) is 0. The average Bonchev–Trinajstić information content (AvgIpc) is 2.13. The number of hydrogen-bond acceptors (Lipinski definition) is 3. The molecule has 0 aromatic carbocycles. The van der Waals surface area contributed by atoms with E-state index in [0.717, 1.165) is 19.3 Å². The number of amides is 1. The molecule has 0 bridgehead atoms. The molecule has 0 aliphatic heterocycles. The van der Waals surface area contributed by atoms with Gasteiger partial charge in [-0.2, -0.15) is 5.26 Å². The molecule has 4 heteroatoms. The molecule has 0 saturated heterocycles. The number of carbonyl (C=O) groups is 1. The van der Waals surface area contributed by atoms with Crippen LogP contribution in [0.1, 0.15) is 53.4 Å². The second-order valence-corrected chi connectivity index (χ2v) is 4.82. The molecule has 0 aromatic heterocycles. The van der Waals surface area contributed by atoms with Crippen molar-refractivity contribution in [3.8, 4) is 6.07 Å². The van der Waals surface area contributed by atoms with Crippen LogP contribution in [-0.2, 0) is 4.74 Å². The van der Waals surface area contributed by atoms with Crippen LogP contribution in [0.3, 0.4) is 0 Å². The van der Waals surface area contributed by atoms with Crippen LogP contribution in [0.15, 0.2) is 0 Å². The molecule has 0 rings (SSSR count). The maximum absolute atomic E-state index is 11.4. The van der Waals surface area contributed by atoms with Gasteiger partial charge in [-0.05, 0) is 27.2 Å². The molecule has 16 heavy (non-hydrogen) atoms. The van der Waals surface area contributed by atoms with Gasteiger partial charge in [0.05, 0.1) is 6.07 Å². The Kier molecular flexibility index (Phi) is 6.55. The molecule has 1 N–H and O–H groups in total. The second kappa shape index (κ2) is 7.10. The summed E-state index contributed by atoms with van der Waals surface area (Å²) < 4.78 is 5.08. The van der Waals surface area contributed by atoms with Crippen molar-refractivity contribution in [2.45, 2.75) is 65.0 Å². The molecule has 92 valence electrons. The molecule has 0 saturated carbocycles. The zero-order valence-corrected chi connectivity index (χ0v) is 10.7. The number of hydrogen-bond donors (Lipinski definition) is 1. The Morgan fingerprint density at radius 3 is 2.50 bits per heavy atom. The first-order valence-electron chi connectivity index (χ1n) is 5.78. The Labute approximate surface area is 98.0 Å². The number of alkyl carbamates (subject to hydrolysis) is 1. The Bertz CT molecular complexity index is 251. The predicted octanol–water partition coefficient (Wildman–Crippen LogP) is 2.98. The molecular formula is C12H22N2O2. The zero-order valence-electron chi connectivity index (χ0n) is 10.7. The summed E-state index contributed by atoms with van der Waals surface area (Å²) in [6.45, 7) is 7.49. The zero-order chi connectivity index (χ0) is 12.6. The highest BCUT2D eigenvalue weighted by Crippen LogP contribution is 2.08. The molecule has 0 aliphatic rings. The van der Waals surface area contributed by atoms with Crippen molar-refractivity contribution in [3.63, 3.8) is 0 Å². The predicted molar refractivity (Wildman–Crippen MR) is 62.9 cm³/mol. The Morgan fingerprint density at radius 1 is 1.44 bits per heavy atom. The molecule has 1 atom stereocenters. The minimum Gasteiger partial charge on any atom is -0.444 e. The van der Waals surface area contributed by atoms with Gasteiger partial charge < -0.3 is 10.1 Å². The number of rotatable bonds is 5. The summed E-state index contributed by atoms with van der Waals surface area (Å²) in [4.78, 5) is 11.4. The highest BCUT2D eigenvalue weighted by atomic mass is 16.6. The fraction of sp³-hybridized carbons (Fsp3) is 0.833. The molecular weight excluding hydrogens is 204 g/mol. The van der Waals surface area contributed by atoms with Gasteiger partial charge in [0.15, 0.2) is 0 Å². The van der Waals surface area contributed by atoms with Crippen LogP contribution in [0.4, 0.5) is 4.79 Å². The van der Waals surface area contributed by atoms with Crippen LogP contribution in [0.5, 0.6) is 0 Å². The molecule has 0 radical (unpaired) electrons. The third kappa shape index (κ3) is 8.10. The maximum atomic E-state index is 11.4. The number of ether oxygens (including phenoxy) is 1. The van der Waals surface area contributed by atoms with Gasteiger partial charge in [0, 0.05) is 0 Å². The quantitative estimate of drug-likeness (QED) is 0.733. The summed E-state index contributed by atoms with van der Waals surface area (Å²) in [7, 11) is 0. The van der Waals surface area contributed by atoms with E-state index in [-0.39, 0.29) is 0 Å². The smallest absolute Gasteiger partial charge is 0.408 e. The SMILES string of the molecule is CCCCC[C@H](C#N)NC(=O)OC(C)(C)C. The minimum atomic E-state index is -0.520. The van der Waals surface area contributed by atoms with Crippen LogP contribution in [-0.4, -0.2) is 17.7 Å². The Morgan fingerprint density at radius 2 is 2.06 bits per heavy atom. The van der Waals surface area contributed by atoms with Gasteiger partial charge in [0.2, 0.25) is 0 Å². The van der Waals surface area contributed by atoms with Crippen LogP contribution in [0, 0.1) is 11.3 Å². The normalized spacial score (nSPS) is 12.7. The second-order valence-electron chi connectivity index (χ2n) is 4.82. The lowest BCUT2D eigenvalue weighted by Crippen LogP contribution is -2.38. The van der Waals surface area contributed by atoms with E-state index >= 15 is 0 Å². The van der Waals surface area contributed by atoms with Gasteiger partial charge in [-0.15, -0.1) is 0 Å². The molecule has 0 aromatic rings. The van der Waals surface area contributed by atoms with Crippen LogP contribution >= 0.6 is 0 Å². The number of nitrogens with zero attached hydrogens (tertiary/aromatic N) is 1. The third-order valence-corrected chi connectivity index (χ3v) is 1.94. The first-order valence-corrected chi connectivity index (χ1v) is 5.78. The van der Waals surface area contributed by atoms with E-state index in [2.05, 4.69) is 18.3 Å². The molecule has 1 amide bonds. The highest BCUT2D eigenvalue weighted by molar-refractivity contribution is 5.68. The van der Waals surface area contributed by atoms with Gasteiger partial charge >= 0.3 is 6.09 Å². The average molecular weight is 226 g/mol. The van der Waals surface area contributed by atoms with Crippen molar-refractivity contribution in [2.75, 3.05) is 0 Å². The topological polar surface area (TPSA) is 62.1 Å². The van der Waals surface area contributed by atoms with E-state index in [1.54, 1.807) is 20.8 Å². The fourth-order valence-corrected chi connectivity index (χ4v) is 1.22. The van der Waals surface area contributed by atoms with Crippen molar-refractivity contribution in [2.24, 2.45) is 0 Å².